The summed E-state index contributed by atoms with van der Waals surface area (Å²) in [5, 5.41) is 18.0. The van der Waals surface area contributed by atoms with Crippen LogP contribution in [0.15, 0.2) is 53.5 Å². The van der Waals surface area contributed by atoms with Gasteiger partial charge in [-0.05, 0) is 109 Å². The van der Waals surface area contributed by atoms with Crippen molar-refractivity contribution in [3.63, 3.8) is 0 Å². The molecule has 2 heterocycles. The Morgan fingerprint density at radius 1 is 1.20 bits per heavy atom. The molecule has 3 fully saturated rings. The predicted octanol–water partition coefficient (Wildman–Crippen LogP) is 6.28. The lowest BCUT2D eigenvalue weighted by Gasteiger charge is -2.60. The Labute approximate surface area is 248 Å². The van der Waals surface area contributed by atoms with Crippen LogP contribution < -0.4 is 0 Å². The smallest absolute Gasteiger partial charge is 0.349 e. The van der Waals surface area contributed by atoms with Crippen LogP contribution in [0.2, 0.25) is 0 Å². The van der Waals surface area contributed by atoms with Gasteiger partial charge in [0.25, 0.3) is 0 Å². The number of benzene rings is 1. The molecule has 0 bridgehead atoms. The average molecular weight is 593 g/mol. The maximum atomic E-state index is 13.6. The SMILES string of the molecule is C[C@]12Cc3cnn(-c4ccc(F)cc4)c3C=C1CC[C@@H]1[C@@H]2[C@@H](O)C[C@@]2(C)[C@H]1CC[C@]2(OC(=O)c1cccs1)C(=O)S. The first-order valence-corrected chi connectivity index (χ1v) is 15.6. The van der Waals surface area contributed by atoms with Gasteiger partial charge in [-0.3, -0.25) is 4.79 Å². The number of carbonyl (C=O) groups excluding carboxylic acids is 2. The zero-order valence-electron chi connectivity index (χ0n) is 23.0. The van der Waals surface area contributed by atoms with Crippen LogP contribution in [-0.2, 0) is 16.0 Å². The molecule has 0 amide bonds. The minimum absolute atomic E-state index is 0.00159. The van der Waals surface area contributed by atoms with Gasteiger partial charge in [0.05, 0.1) is 23.7 Å². The largest absolute Gasteiger partial charge is 0.445 e. The highest BCUT2D eigenvalue weighted by Gasteiger charge is 2.70. The number of rotatable bonds is 4. The van der Waals surface area contributed by atoms with Crippen molar-refractivity contribution in [2.75, 3.05) is 0 Å². The van der Waals surface area contributed by atoms with E-state index < -0.39 is 28.2 Å². The monoisotopic (exact) mass is 592 g/mol. The molecule has 1 aromatic carbocycles. The molecule has 4 aliphatic carbocycles. The molecule has 214 valence electrons. The topological polar surface area (TPSA) is 81.4 Å². The van der Waals surface area contributed by atoms with Crippen LogP contribution in [0.25, 0.3) is 11.8 Å². The number of aromatic nitrogens is 2. The van der Waals surface area contributed by atoms with E-state index in [4.69, 9.17) is 4.74 Å². The summed E-state index contributed by atoms with van der Waals surface area (Å²) < 4.78 is 21.6. The number of thiophene rings is 1. The van der Waals surface area contributed by atoms with Gasteiger partial charge in [-0.25, -0.2) is 13.9 Å². The molecule has 3 saturated carbocycles. The Balaban J connectivity index is 1.22. The van der Waals surface area contributed by atoms with Crippen molar-refractivity contribution in [2.24, 2.45) is 28.6 Å². The summed E-state index contributed by atoms with van der Waals surface area (Å²) in [6, 6.07) is 9.85. The molecule has 7 atom stereocenters. The lowest BCUT2D eigenvalue weighted by Crippen LogP contribution is -2.62. The first-order chi connectivity index (χ1) is 19.6. The van der Waals surface area contributed by atoms with E-state index >= 15 is 0 Å². The highest BCUT2D eigenvalue weighted by atomic mass is 32.1. The number of halogens is 1. The summed E-state index contributed by atoms with van der Waals surface area (Å²) in [5.41, 5.74) is 1.88. The van der Waals surface area contributed by atoms with Gasteiger partial charge in [-0.1, -0.05) is 25.5 Å². The normalized spacial score (nSPS) is 35.5. The van der Waals surface area contributed by atoms with Gasteiger partial charge in [0.2, 0.25) is 5.12 Å². The maximum absolute atomic E-state index is 13.6. The first-order valence-electron chi connectivity index (χ1n) is 14.3. The number of esters is 1. The minimum atomic E-state index is -1.37. The van der Waals surface area contributed by atoms with Gasteiger partial charge in [-0.2, -0.15) is 5.10 Å². The fraction of sp³-hybridized carbons (Fsp3) is 0.469. The molecule has 4 aliphatic rings. The molecule has 2 aromatic heterocycles. The summed E-state index contributed by atoms with van der Waals surface area (Å²) in [6.45, 7) is 4.29. The molecule has 41 heavy (non-hydrogen) atoms. The van der Waals surface area contributed by atoms with E-state index in [1.807, 2.05) is 23.2 Å². The van der Waals surface area contributed by atoms with Crippen molar-refractivity contribution in [3.05, 3.63) is 75.5 Å². The van der Waals surface area contributed by atoms with E-state index in [-0.39, 0.29) is 29.0 Å². The number of carbonyl (C=O) groups is 2. The summed E-state index contributed by atoms with van der Waals surface area (Å²) in [5.74, 6) is -0.491. The molecule has 0 unspecified atom stereocenters. The molecule has 1 N–H and O–H groups in total. The molecule has 3 aromatic rings. The number of aliphatic hydroxyl groups excluding tert-OH is 1. The van der Waals surface area contributed by atoms with E-state index in [0.29, 0.717) is 17.7 Å². The van der Waals surface area contributed by atoms with Crippen molar-refractivity contribution < 1.29 is 23.8 Å². The number of allylic oxidation sites excluding steroid dienone is 1. The van der Waals surface area contributed by atoms with E-state index in [9.17, 15) is 19.1 Å². The third kappa shape index (κ3) is 3.81. The van der Waals surface area contributed by atoms with Crippen molar-refractivity contribution in [1.82, 2.24) is 9.78 Å². The molecule has 0 aliphatic heterocycles. The quantitative estimate of drug-likeness (QED) is 0.275. The Morgan fingerprint density at radius 2 is 1.98 bits per heavy atom. The Hall–Kier alpha value is -2.75. The molecular weight excluding hydrogens is 559 g/mol. The van der Waals surface area contributed by atoms with Crippen molar-refractivity contribution in [3.8, 4) is 5.69 Å². The van der Waals surface area contributed by atoms with E-state index in [1.165, 1.54) is 29.0 Å². The van der Waals surface area contributed by atoms with E-state index in [0.717, 1.165) is 42.6 Å². The lowest BCUT2D eigenvalue weighted by atomic mass is 9.45. The predicted molar refractivity (Wildman–Crippen MR) is 157 cm³/mol. The summed E-state index contributed by atoms with van der Waals surface area (Å²) in [6.07, 6.45) is 7.49. The molecule has 0 radical (unpaired) electrons. The first kappa shape index (κ1) is 27.1. The van der Waals surface area contributed by atoms with E-state index in [2.05, 4.69) is 30.7 Å². The standard InChI is InChI=1S/C32H33FN2O4S2/c1-30-15-18-17-34-35(21-8-6-20(33)7-9-21)24(18)14-19(30)5-10-22-23-11-12-32(29(38)40,31(23,2)16-25(36)27(22)30)39-28(37)26-4-3-13-41-26/h3-4,6-9,13-14,17,22-23,25,27,36H,5,10-12,15-16H2,1-2H3,(H,38,40)/t22-,23-,25-,27+,30-,31-,32-/m0/s1. The molecule has 0 spiro atoms. The van der Waals surface area contributed by atoms with Gasteiger partial charge >= 0.3 is 5.97 Å². The van der Waals surface area contributed by atoms with Crippen LogP contribution in [-0.4, -0.2) is 37.7 Å². The lowest BCUT2D eigenvalue weighted by molar-refractivity contribution is -0.174. The van der Waals surface area contributed by atoms with Crippen molar-refractivity contribution in [1.29, 1.82) is 0 Å². The Morgan fingerprint density at radius 3 is 2.68 bits per heavy atom. The van der Waals surface area contributed by atoms with Gasteiger partial charge < -0.3 is 9.84 Å². The van der Waals surface area contributed by atoms with Crippen LogP contribution in [0.5, 0.6) is 0 Å². The zero-order valence-corrected chi connectivity index (χ0v) is 24.8. The number of ether oxygens (including phenoxy) is 1. The number of aliphatic hydroxyl groups is 1. The summed E-state index contributed by atoms with van der Waals surface area (Å²) in [4.78, 5) is 26.8. The van der Waals surface area contributed by atoms with Gasteiger partial charge in [-0.15, -0.1) is 24.0 Å². The number of hydrogen-bond acceptors (Lipinski definition) is 6. The number of nitrogens with zero attached hydrogens (tertiary/aromatic N) is 2. The van der Waals surface area contributed by atoms with Crippen molar-refractivity contribution in [2.45, 2.75) is 64.1 Å². The summed E-state index contributed by atoms with van der Waals surface area (Å²) >= 11 is 5.59. The second kappa shape index (κ2) is 9.38. The highest BCUT2D eigenvalue weighted by Crippen LogP contribution is 2.68. The fourth-order valence-electron chi connectivity index (χ4n) is 9.13. The van der Waals surface area contributed by atoms with E-state index in [1.54, 1.807) is 24.3 Å². The highest BCUT2D eigenvalue weighted by molar-refractivity contribution is 7.96. The van der Waals surface area contributed by atoms with Crippen LogP contribution in [0, 0.1) is 34.4 Å². The molecular formula is C32H33FN2O4S2. The van der Waals surface area contributed by atoms with Crippen molar-refractivity contribution >= 4 is 41.1 Å². The molecule has 6 nitrogen and oxygen atoms in total. The Kier molecular flexibility index (Phi) is 6.20. The number of fused-ring (bicyclic) bond motifs is 6. The second-order valence-electron chi connectivity index (χ2n) is 12.8. The van der Waals surface area contributed by atoms with Crippen LogP contribution in [0.3, 0.4) is 0 Å². The third-order valence-corrected chi connectivity index (χ3v) is 12.2. The van der Waals surface area contributed by atoms with Crippen LogP contribution in [0.4, 0.5) is 4.39 Å². The molecule has 9 heteroatoms. The molecule has 0 saturated heterocycles. The Bertz CT molecular complexity index is 1570. The molecule has 7 rings (SSSR count). The fourth-order valence-corrected chi connectivity index (χ4v) is 10.1. The maximum Gasteiger partial charge on any atom is 0.349 e. The minimum Gasteiger partial charge on any atom is -0.445 e. The second-order valence-corrected chi connectivity index (χ2v) is 14.1. The van der Waals surface area contributed by atoms with Gasteiger partial charge in [0.15, 0.2) is 5.60 Å². The number of thiol groups is 1. The van der Waals surface area contributed by atoms with Gasteiger partial charge in [0, 0.05) is 5.41 Å². The number of hydrogen-bond donors (Lipinski definition) is 2. The third-order valence-electron chi connectivity index (χ3n) is 11.0. The van der Waals surface area contributed by atoms with Gasteiger partial charge in [0.1, 0.15) is 10.7 Å². The van der Waals surface area contributed by atoms with Crippen LogP contribution >= 0.6 is 24.0 Å². The zero-order chi connectivity index (χ0) is 28.7. The van der Waals surface area contributed by atoms with Crippen LogP contribution in [0.1, 0.15) is 66.9 Å². The average Bonchev–Trinajstić information content (AvgIpc) is 3.66. The summed E-state index contributed by atoms with van der Waals surface area (Å²) in [7, 11) is 0.